The standard InChI is InChI=1S/C20H28O4/c1-11-7-19-8-12(11)3-4-13(19)20-10-23-16-15(20)18(2,9-22-16)6-5-14(20)24-17(19)21/h11-16H,3-10H2,1-2H3/t11-,12-,13-,14+,15-,16+,18+,19+,20-/m1/s1. The van der Waals surface area contributed by atoms with Crippen LogP contribution in [0.3, 0.4) is 0 Å². The van der Waals surface area contributed by atoms with E-state index in [-0.39, 0.29) is 34.6 Å². The number of rotatable bonds is 0. The first-order valence-electron chi connectivity index (χ1n) is 9.94. The number of esters is 1. The third-order valence-electron chi connectivity index (χ3n) is 9.17. The van der Waals surface area contributed by atoms with E-state index in [9.17, 15) is 4.79 Å². The predicted molar refractivity (Wildman–Crippen MR) is 85.9 cm³/mol. The van der Waals surface area contributed by atoms with E-state index in [0.29, 0.717) is 17.8 Å². The molecular weight excluding hydrogens is 304 g/mol. The maximum Gasteiger partial charge on any atom is 0.312 e. The van der Waals surface area contributed by atoms with Crippen LogP contribution in [0.1, 0.15) is 52.4 Å². The van der Waals surface area contributed by atoms with Crippen LogP contribution in [0.4, 0.5) is 0 Å². The Morgan fingerprint density at radius 2 is 1.92 bits per heavy atom. The van der Waals surface area contributed by atoms with Gasteiger partial charge in [0.15, 0.2) is 6.29 Å². The highest BCUT2D eigenvalue weighted by molar-refractivity contribution is 5.79. The quantitative estimate of drug-likeness (QED) is 0.639. The first kappa shape index (κ1) is 14.5. The summed E-state index contributed by atoms with van der Waals surface area (Å²) in [6.45, 7) is 6.28. The van der Waals surface area contributed by atoms with Crippen LogP contribution in [0, 0.1) is 39.9 Å². The van der Waals surface area contributed by atoms with E-state index in [0.717, 1.165) is 44.8 Å². The molecule has 4 heteroatoms. The minimum Gasteiger partial charge on any atom is -0.461 e. The van der Waals surface area contributed by atoms with Crippen molar-refractivity contribution in [3.05, 3.63) is 0 Å². The van der Waals surface area contributed by atoms with Crippen LogP contribution in [-0.4, -0.2) is 31.6 Å². The van der Waals surface area contributed by atoms with Crippen LogP contribution in [-0.2, 0) is 19.0 Å². The first-order chi connectivity index (χ1) is 11.5. The lowest BCUT2D eigenvalue weighted by Gasteiger charge is -2.61. The number of fused-ring (bicyclic) bond motifs is 1. The Kier molecular flexibility index (Phi) is 2.55. The van der Waals surface area contributed by atoms with E-state index in [1.165, 1.54) is 12.8 Å². The Morgan fingerprint density at radius 1 is 1.08 bits per heavy atom. The molecule has 6 fully saturated rings. The largest absolute Gasteiger partial charge is 0.461 e. The van der Waals surface area contributed by atoms with Crippen LogP contribution in [0.2, 0.25) is 0 Å². The molecule has 0 aromatic rings. The molecule has 3 aliphatic heterocycles. The van der Waals surface area contributed by atoms with Gasteiger partial charge >= 0.3 is 5.97 Å². The number of carbonyl (C=O) groups is 1. The molecule has 0 amide bonds. The van der Waals surface area contributed by atoms with Crippen molar-refractivity contribution in [3.63, 3.8) is 0 Å². The Morgan fingerprint density at radius 3 is 2.79 bits per heavy atom. The summed E-state index contributed by atoms with van der Waals surface area (Å²) in [5, 5.41) is 0. The minimum atomic E-state index is -0.224. The van der Waals surface area contributed by atoms with Crippen molar-refractivity contribution in [3.8, 4) is 0 Å². The van der Waals surface area contributed by atoms with Gasteiger partial charge in [-0.05, 0) is 61.7 Å². The fourth-order valence-electron chi connectivity index (χ4n) is 8.27. The molecule has 0 aromatic heterocycles. The molecule has 0 unspecified atom stereocenters. The molecule has 3 heterocycles. The lowest BCUT2D eigenvalue weighted by atomic mass is 9.44. The highest BCUT2D eigenvalue weighted by Crippen LogP contribution is 2.73. The van der Waals surface area contributed by atoms with Gasteiger partial charge in [-0.15, -0.1) is 0 Å². The van der Waals surface area contributed by atoms with Crippen molar-refractivity contribution in [2.45, 2.75) is 64.8 Å². The molecule has 3 saturated heterocycles. The lowest BCUT2D eigenvalue weighted by molar-refractivity contribution is -0.233. The first-order valence-corrected chi connectivity index (χ1v) is 9.94. The molecule has 3 saturated carbocycles. The van der Waals surface area contributed by atoms with Crippen molar-refractivity contribution in [1.82, 2.24) is 0 Å². The Balaban J connectivity index is 1.53. The molecule has 0 aromatic carbocycles. The molecule has 6 aliphatic rings. The second-order valence-corrected chi connectivity index (χ2v) is 10.1. The van der Waals surface area contributed by atoms with Crippen LogP contribution in [0.5, 0.6) is 0 Å². The highest BCUT2D eigenvalue weighted by Gasteiger charge is 2.77. The molecule has 6 rings (SSSR count). The van der Waals surface area contributed by atoms with Gasteiger partial charge in [-0.25, -0.2) is 0 Å². The van der Waals surface area contributed by atoms with Crippen LogP contribution < -0.4 is 0 Å². The fourth-order valence-corrected chi connectivity index (χ4v) is 8.27. The summed E-state index contributed by atoms with van der Waals surface area (Å²) in [5.41, 5.74) is -0.0152. The van der Waals surface area contributed by atoms with Gasteiger partial charge in [0, 0.05) is 11.3 Å². The smallest absolute Gasteiger partial charge is 0.312 e. The average molecular weight is 332 g/mol. The molecule has 0 N–H and O–H groups in total. The van der Waals surface area contributed by atoms with Crippen LogP contribution in [0.25, 0.3) is 0 Å². The van der Waals surface area contributed by atoms with Gasteiger partial charge < -0.3 is 14.2 Å². The van der Waals surface area contributed by atoms with Gasteiger partial charge in [0.1, 0.15) is 6.10 Å². The molecule has 2 spiro atoms. The zero-order valence-corrected chi connectivity index (χ0v) is 14.8. The second-order valence-electron chi connectivity index (χ2n) is 10.1. The SMILES string of the molecule is C[C@@H]1C[C@]23C[C@H]1CC[C@H]2[C@]12CO[C@@H]4OC[C@](C)(CC[C@@H]1OC3=O)[C@@H]42. The summed E-state index contributed by atoms with van der Waals surface area (Å²) >= 11 is 0. The van der Waals surface area contributed by atoms with Gasteiger partial charge in [0.05, 0.1) is 18.6 Å². The monoisotopic (exact) mass is 332 g/mol. The zero-order chi connectivity index (χ0) is 16.3. The van der Waals surface area contributed by atoms with Gasteiger partial charge in [-0.1, -0.05) is 13.8 Å². The van der Waals surface area contributed by atoms with Gasteiger partial charge in [-0.3, -0.25) is 4.79 Å². The molecular formula is C20H28O4. The van der Waals surface area contributed by atoms with Crippen molar-refractivity contribution in [2.24, 2.45) is 39.9 Å². The summed E-state index contributed by atoms with van der Waals surface area (Å²) in [6.07, 6.45) is 6.62. The van der Waals surface area contributed by atoms with E-state index < -0.39 is 0 Å². The number of ether oxygens (including phenoxy) is 3. The minimum absolute atomic E-state index is 0.0110. The number of carbonyl (C=O) groups excluding carboxylic acids is 1. The van der Waals surface area contributed by atoms with Crippen molar-refractivity contribution in [1.29, 1.82) is 0 Å². The van der Waals surface area contributed by atoms with E-state index >= 15 is 0 Å². The number of hydrogen-bond donors (Lipinski definition) is 0. The highest BCUT2D eigenvalue weighted by atomic mass is 16.7. The molecule has 2 bridgehead atoms. The molecule has 4 nitrogen and oxygen atoms in total. The van der Waals surface area contributed by atoms with E-state index in [4.69, 9.17) is 14.2 Å². The molecule has 9 atom stereocenters. The van der Waals surface area contributed by atoms with Crippen molar-refractivity contribution >= 4 is 5.97 Å². The Labute approximate surface area is 143 Å². The van der Waals surface area contributed by atoms with E-state index in [1.54, 1.807) is 0 Å². The summed E-state index contributed by atoms with van der Waals surface area (Å²) in [7, 11) is 0. The summed E-state index contributed by atoms with van der Waals surface area (Å²) < 4.78 is 18.5. The third-order valence-corrected chi connectivity index (χ3v) is 9.17. The summed E-state index contributed by atoms with van der Waals surface area (Å²) in [4.78, 5) is 13.2. The van der Waals surface area contributed by atoms with Gasteiger partial charge in [0.25, 0.3) is 0 Å². The molecule has 132 valence electrons. The lowest BCUT2D eigenvalue weighted by Crippen LogP contribution is -2.66. The van der Waals surface area contributed by atoms with Crippen LogP contribution >= 0.6 is 0 Å². The van der Waals surface area contributed by atoms with Crippen molar-refractivity contribution < 1.29 is 19.0 Å². The van der Waals surface area contributed by atoms with E-state index in [2.05, 4.69) is 13.8 Å². The maximum atomic E-state index is 13.2. The molecule has 0 radical (unpaired) electrons. The van der Waals surface area contributed by atoms with Crippen LogP contribution in [0.15, 0.2) is 0 Å². The topological polar surface area (TPSA) is 44.8 Å². The third kappa shape index (κ3) is 1.38. The normalized spacial score (nSPS) is 63.5. The summed E-state index contributed by atoms with van der Waals surface area (Å²) in [5.74, 6) is 2.35. The van der Waals surface area contributed by atoms with Gasteiger partial charge in [0.2, 0.25) is 0 Å². The second kappa shape index (κ2) is 4.20. The molecule has 3 aliphatic carbocycles. The van der Waals surface area contributed by atoms with E-state index in [1.807, 2.05) is 0 Å². The average Bonchev–Trinajstić information content (AvgIpc) is 3.18. The maximum absolute atomic E-state index is 13.2. The van der Waals surface area contributed by atoms with Gasteiger partial charge in [-0.2, -0.15) is 0 Å². The Hall–Kier alpha value is -0.610. The summed E-state index contributed by atoms with van der Waals surface area (Å²) in [6, 6.07) is 0. The van der Waals surface area contributed by atoms with Crippen molar-refractivity contribution in [2.75, 3.05) is 13.2 Å². The predicted octanol–water partition coefficient (Wildman–Crippen LogP) is 3.14. The Bertz CT molecular complexity index is 615. The number of hydrogen-bond acceptors (Lipinski definition) is 4. The fraction of sp³-hybridized carbons (Fsp3) is 0.950. The molecule has 24 heavy (non-hydrogen) atoms. The zero-order valence-electron chi connectivity index (χ0n) is 14.8.